The number of halogens is 1. The Morgan fingerprint density at radius 3 is 2.86 bits per heavy atom. The molecule has 29 heavy (non-hydrogen) atoms. The van der Waals surface area contributed by atoms with Crippen molar-refractivity contribution in [2.75, 3.05) is 24.6 Å². The Balaban J connectivity index is 1.44. The molecule has 0 spiro atoms. The van der Waals surface area contributed by atoms with Crippen molar-refractivity contribution < 1.29 is 14.0 Å². The van der Waals surface area contributed by atoms with Gasteiger partial charge < -0.3 is 4.90 Å². The van der Waals surface area contributed by atoms with E-state index in [1.807, 2.05) is 11.0 Å². The average Bonchev–Trinajstić information content (AvgIpc) is 3.25. The fourth-order valence-electron chi connectivity index (χ4n) is 3.89. The first-order valence-corrected chi connectivity index (χ1v) is 9.62. The lowest BCUT2D eigenvalue weighted by Gasteiger charge is -2.34. The molecule has 150 valence electrons. The molecule has 2 fully saturated rings. The fraction of sp³-hybridized carbons (Fsp3) is 0.450. The molecule has 2 aliphatic rings. The van der Waals surface area contributed by atoms with E-state index < -0.39 is 0 Å². The molecule has 1 amide bonds. The van der Waals surface area contributed by atoms with Gasteiger partial charge in [0.05, 0.1) is 18.8 Å². The zero-order chi connectivity index (χ0) is 20.4. The van der Waals surface area contributed by atoms with Crippen LogP contribution in [0.25, 0.3) is 0 Å². The zero-order valence-electron chi connectivity index (χ0n) is 16.1. The maximum absolute atomic E-state index is 13.9. The highest BCUT2D eigenvalue weighted by molar-refractivity contribution is 5.79. The summed E-state index contributed by atoms with van der Waals surface area (Å²) in [6.45, 7) is 3.34. The van der Waals surface area contributed by atoms with E-state index in [0.29, 0.717) is 61.7 Å². The maximum atomic E-state index is 13.9. The molecule has 2 aliphatic heterocycles. The third-order valence-electron chi connectivity index (χ3n) is 5.56. The Kier molecular flexibility index (Phi) is 5.36. The van der Waals surface area contributed by atoms with Gasteiger partial charge in [-0.1, -0.05) is 0 Å². The van der Waals surface area contributed by atoms with E-state index in [0.717, 1.165) is 0 Å². The van der Waals surface area contributed by atoms with Gasteiger partial charge in [-0.2, -0.15) is 5.26 Å². The maximum Gasteiger partial charge on any atom is 0.249 e. The third kappa shape index (κ3) is 3.76. The molecule has 0 saturated carbocycles. The molecular weight excluding hydrogens is 375 g/mol. The minimum atomic E-state index is -0.380. The zero-order valence-corrected chi connectivity index (χ0v) is 16.1. The Bertz CT molecular complexity index is 954. The SMILES string of the molecule is Cc1c(F)cncc1[C@@H]1CCON1C(=O)C1CCN(c2nccc(C#N)n2)CC1. The van der Waals surface area contributed by atoms with Gasteiger partial charge in [-0.05, 0) is 31.4 Å². The highest BCUT2D eigenvalue weighted by Crippen LogP contribution is 2.35. The highest BCUT2D eigenvalue weighted by atomic mass is 19.1. The number of nitriles is 1. The molecule has 0 N–H and O–H groups in total. The van der Waals surface area contributed by atoms with Gasteiger partial charge in [0, 0.05) is 43.4 Å². The minimum Gasteiger partial charge on any atom is -0.341 e. The molecule has 0 aliphatic carbocycles. The van der Waals surface area contributed by atoms with Crippen molar-refractivity contribution in [1.29, 1.82) is 5.26 Å². The first-order chi connectivity index (χ1) is 14.1. The average molecular weight is 396 g/mol. The highest BCUT2D eigenvalue weighted by Gasteiger charge is 2.38. The third-order valence-corrected chi connectivity index (χ3v) is 5.56. The van der Waals surface area contributed by atoms with Gasteiger partial charge in [-0.15, -0.1) is 0 Å². The first kappa shape index (κ1) is 19.2. The van der Waals surface area contributed by atoms with Crippen molar-refractivity contribution in [2.45, 2.75) is 32.2 Å². The van der Waals surface area contributed by atoms with Crippen LogP contribution in [0.5, 0.6) is 0 Å². The van der Waals surface area contributed by atoms with Crippen molar-refractivity contribution in [3.63, 3.8) is 0 Å². The number of carbonyl (C=O) groups excluding carboxylic acids is 1. The number of anilines is 1. The minimum absolute atomic E-state index is 0.0810. The molecule has 0 bridgehead atoms. The lowest BCUT2D eigenvalue weighted by molar-refractivity contribution is -0.182. The van der Waals surface area contributed by atoms with Crippen LogP contribution in [0.3, 0.4) is 0 Å². The molecule has 8 nitrogen and oxygen atoms in total. The lowest BCUT2D eigenvalue weighted by atomic mass is 9.94. The Hall–Kier alpha value is -3.12. The van der Waals surface area contributed by atoms with Gasteiger partial charge in [0.2, 0.25) is 11.9 Å². The van der Waals surface area contributed by atoms with Gasteiger partial charge in [-0.3, -0.25) is 14.6 Å². The number of rotatable bonds is 3. The van der Waals surface area contributed by atoms with Crippen molar-refractivity contribution in [1.82, 2.24) is 20.0 Å². The number of aromatic nitrogens is 3. The largest absolute Gasteiger partial charge is 0.341 e. The summed E-state index contributed by atoms with van der Waals surface area (Å²) in [6, 6.07) is 3.26. The molecule has 1 atom stereocenters. The molecule has 2 aromatic rings. The van der Waals surface area contributed by atoms with Gasteiger partial charge in [0.1, 0.15) is 17.6 Å². The van der Waals surface area contributed by atoms with E-state index in [2.05, 4.69) is 15.0 Å². The second kappa shape index (κ2) is 8.09. The number of nitrogens with zero attached hydrogens (tertiary/aromatic N) is 6. The second-order valence-corrected chi connectivity index (χ2v) is 7.25. The number of amides is 1. The molecule has 0 radical (unpaired) electrons. The number of hydroxylamine groups is 2. The van der Waals surface area contributed by atoms with Crippen LogP contribution < -0.4 is 4.90 Å². The summed E-state index contributed by atoms with van der Waals surface area (Å²) >= 11 is 0. The predicted molar refractivity (Wildman–Crippen MR) is 101 cm³/mol. The van der Waals surface area contributed by atoms with E-state index in [9.17, 15) is 9.18 Å². The van der Waals surface area contributed by atoms with Crippen LogP contribution in [-0.4, -0.2) is 45.6 Å². The van der Waals surface area contributed by atoms with Crippen LogP contribution in [0, 0.1) is 30.0 Å². The lowest BCUT2D eigenvalue weighted by Crippen LogP contribution is -2.42. The molecular formula is C20H21FN6O2. The summed E-state index contributed by atoms with van der Waals surface area (Å²) in [7, 11) is 0. The monoisotopic (exact) mass is 396 g/mol. The van der Waals surface area contributed by atoms with Crippen LogP contribution in [0.15, 0.2) is 24.7 Å². The topological polar surface area (TPSA) is 95.2 Å². The number of hydrogen-bond donors (Lipinski definition) is 0. The molecule has 0 aromatic carbocycles. The van der Waals surface area contributed by atoms with Gasteiger partial charge in [0.15, 0.2) is 0 Å². The van der Waals surface area contributed by atoms with Gasteiger partial charge >= 0.3 is 0 Å². The number of hydrogen-bond acceptors (Lipinski definition) is 7. The van der Waals surface area contributed by atoms with Crippen molar-refractivity contribution in [3.05, 3.63) is 47.3 Å². The molecule has 0 unspecified atom stereocenters. The molecule has 4 rings (SSSR count). The van der Waals surface area contributed by atoms with Gasteiger partial charge in [0.25, 0.3) is 0 Å². The van der Waals surface area contributed by atoms with Crippen molar-refractivity contribution >= 4 is 11.9 Å². The van der Waals surface area contributed by atoms with E-state index >= 15 is 0 Å². The van der Waals surface area contributed by atoms with E-state index in [1.54, 1.807) is 25.4 Å². The summed E-state index contributed by atoms with van der Waals surface area (Å²) in [5.41, 5.74) is 1.51. The number of carbonyl (C=O) groups is 1. The fourth-order valence-corrected chi connectivity index (χ4v) is 3.89. The molecule has 2 aromatic heterocycles. The van der Waals surface area contributed by atoms with Crippen LogP contribution in [0.1, 0.15) is 42.1 Å². The van der Waals surface area contributed by atoms with E-state index in [1.165, 1.54) is 11.3 Å². The van der Waals surface area contributed by atoms with E-state index in [4.69, 9.17) is 10.1 Å². The second-order valence-electron chi connectivity index (χ2n) is 7.25. The summed E-state index contributed by atoms with van der Waals surface area (Å²) in [6.07, 6.45) is 6.24. The quantitative estimate of drug-likeness (QED) is 0.786. The summed E-state index contributed by atoms with van der Waals surface area (Å²) < 4.78 is 13.9. The van der Waals surface area contributed by atoms with E-state index in [-0.39, 0.29) is 23.7 Å². The molecule has 4 heterocycles. The van der Waals surface area contributed by atoms with Gasteiger partial charge in [-0.25, -0.2) is 19.4 Å². The number of pyridine rings is 1. The molecule has 9 heteroatoms. The first-order valence-electron chi connectivity index (χ1n) is 9.62. The normalized spacial score (nSPS) is 20.0. The van der Waals surface area contributed by atoms with Crippen LogP contribution in [-0.2, 0) is 9.63 Å². The molecule has 2 saturated heterocycles. The van der Waals surface area contributed by atoms with Crippen LogP contribution in [0.4, 0.5) is 10.3 Å². The Labute approximate surface area is 167 Å². The van der Waals surface area contributed by atoms with Crippen LogP contribution in [0.2, 0.25) is 0 Å². The number of piperidine rings is 1. The predicted octanol–water partition coefficient (Wildman–Crippen LogP) is 2.31. The Morgan fingerprint density at radius 1 is 1.31 bits per heavy atom. The Morgan fingerprint density at radius 2 is 2.10 bits per heavy atom. The standard InChI is InChI=1S/C20H21FN6O2/c1-13-16(11-23-12-17(13)21)18-5-9-29-27(18)19(28)14-3-7-26(8-4-14)20-24-6-2-15(10-22)25-20/h2,6,11-12,14,18H,3-5,7-9H2,1H3/t18-/m0/s1. The summed E-state index contributed by atoms with van der Waals surface area (Å²) in [5.74, 6) is -0.142. The van der Waals surface area contributed by atoms with Crippen LogP contribution >= 0.6 is 0 Å². The smallest absolute Gasteiger partial charge is 0.249 e. The van der Waals surface area contributed by atoms with Crippen molar-refractivity contribution in [2.24, 2.45) is 5.92 Å². The summed E-state index contributed by atoms with van der Waals surface area (Å²) in [5, 5.41) is 10.4. The summed E-state index contributed by atoms with van der Waals surface area (Å²) in [4.78, 5) is 33.1. The van der Waals surface area contributed by atoms with Crippen molar-refractivity contribution in [3.8, 4) is 6.07 Å².